The molecule has 0 saturated carbocycles. The number of benzene rings is 8. The molecule has 0 amide bonds. The van der Waals surface area contributed by atoms with Crippen LogP contribution >= 0.6 is 0 Å². The average Bonchev–Trinajstić information content (AvgIpc) is 3.38. The van der Waals surface area contributed by atoms with Crippen molar-refractivity contribution in [3.8, 4) is 101 Å². The second-order valence-corrected chi connectivity index (χ2v) is 16.4. The van der Waals surface area contributed by atoms with Crippen molar-refractivity contribution in [1.29, 1.82) is 0 Å². The molecule has 0 radical (unpaired) electrons. The van der Waals surface area contributed by atoms with E-state index in [9.17, 15) is 0 Å². The molecule has 0 aliphatic carbocycles. The monoisotopic (exact) mass is 846 g/mol. The highest BCUT2D eigenvalue weighted by atomic mass is 14.9. The zero-order valence-corrected chi connectivity index (χ0v) is 36.5. The van der Waals surface area contributed by atoms with E-state index in [4.69, 9.17) is 29.9 Å². The number of fused-ring (bicyclic) bond motifs is 1. The van der Waals surface area contributed by atoms with Crippen LogP contribution in [-0.2, 0) is 0 Å². The molecule has 66 heavy (non-hydrogen) atoms. The highest BCUT2D eigenvalue weighted by molar-refractivity contribution is 5.92. The van der Waals surface area contributed by atoms with Crippen molar-refractivity contribution in [1.82, 2.24) is 29.9 Å². The summed E-state index contributed by atoms with van der Waals surface area (Å²) in [6, 6.07) is 75.4. The summed E-state index contributed by atoms with van der Waals surface area (Å²) in [5.74, 6) is 1.99. The summed E-state index contributed by atoms with van der Waals surface area (Å²) >= 11 is 0. The van der Waals surface area contributed by atoms with E-state index in [0.29, 0.717) is 17.5 Å². The second-order valence-electron chi connectivity index (χ2n) is 16.4. The van der Waals surface area contributed by atoms with Crippen molar-refractivity contribution >= 4 is 10.8 Å². The van der Waals surface area contributed by atoms with Gasteiger partial charge in [-0.2, -0.15) is 0 Å². The van der Waals surface area contributed by atoms with E-state index in [2.05, 4.69) is 152 Å². The minimum absolute atomic E-state index is 0.640. The topological polar surface area (TPSA) is 77.3 Å². The number of aryl methyl sites for hydroxylation is 2. The summed E-state index contributed by atoms with van der Waals surface area (Å²) in [5, 5.41) is 2.36. The first-order valence-electron chi connectivity index (χ1n) is 22.1. The minimum Gasteiger partial charge on any atom is -0.233 e. The Morgan fingerprint density at radius 2 is 0.652 bits per heavy atom. The second kappa shape index (κ2) is 17.4. The fourth-order valence-corrected chi connectivity index (χ4v) is 8.63. The molecule has 0 spiro atoms. The molecule has 3 heterocycles. The number of rotatable bonds is 9. The van der Waals surface area contributed by atoms with Crippen LogP contribution in [0, 0.1) is 13.8 Å². The Hall–Kier alpha value is -8.74. The van der Waals surface area contributed by atoms with Gasteiger partial charge in [-0.15, -0.1) is 0 Å². The third-order valence-electron chi connectivity index (χ3n) is 11.9. The molecule has 0 bridgehead atoms. The van der Waals surface area contributed by atoms with E-state index in [-0.39, 0.29) is 0 Å². The van der Waals surface area contributed by atoms with E-state index in [1.807, 2.05) is 80.6 Å². The van der Waals surface area contributed by atoms with Crippen LogP contribution in [-0.4, -0.2) is 29.9 Å². The Kier molecular flexibility index (Phi) is 10.6. The number of nitrogens with zero attached hydrogens (tertiary/aromatic N) is 6. The van der Waals surface area contributed by atoms with Gasteiger partial charge in [0.1, 0.15) is 0 Å². The van der Waals surface area contributed by atoms with E-state index in [1.165, 1.54) is 10.8 Å². The molecule has 6 nitrogen and oxygen atoms in total. The molecule has 0 aliphatic rings. The lowest BCUT2D eigenvalue weighted by Gasteiger charge is -2.16. The van der Waals surface area contributed by atoms with E-state index in [0.717, 1.165) is 95.4 Å². The zero-order valence-electron chi connectivity index (χ0n) is 36.5. The van der Waals surface area contributed by atoms with Crippen LogP contribution in [0.25, 0.3) is 112 Å². The molecule has 0 saturated heterocycles. The van der Waals surface area contributed by atoms with Crippen LogP contribution in [0.2, 0.25) is 0 Å². The Morgan fingerprint density at radius 1 is 0.227 bits per heavy atom. The predicted octanol–water partition coefficient (Wildman–Crippen LogP) is 14.8. The Bertz CT molecular complexity index is 3460. The van der Waals surface area contributed by atoms with Gasteiger partial charge in [-0.3, -0.25) is 0 Å². The van der Waals surface area contributed by atoms with Gasteiger partial charge in [0, 0.05) is 50.3 Å². The Morgan fingerprint density at radius 3 is 1.27 bits per heavy atom. The van der Waals surface area contributed by atoms with Crippen molar-refractivity contribution in [2.45, 2.75) is 13.8 Å². The summed E-state index contributed by atoms with van der Waals surface area (Å²) in [4.78, 5) is 30.7. The molecule has 0 aliphatic heterocycles. The van der Waals surface area contributed by atoms with E-state index >= 15 is 0 Å². The normalized spacial score (nSPS) is 11.2. The molecule has 0 atom stereocenters. The van der Waals surface area contributed by atoms with Crippen LogP contribution in [0.15, 0.2) is 218 Å². The molecule has 0 N–H and O–H groups in total. The first kappa shape index (κ1) is 40.1. The van der Waals surface area contributed by atoms with Crippen molar-refractivity contribution in [2.24, 2.45) is 0 Å². The SMILES string of the molecule is Cc1cc(C)nc(-c2cc(-c3ccc(-c4cc(-c5ccc6ccccc6c5)nc(-c5ccccc5)n4)cc3)ccc2-c2ccccc2-c2nc(-c3ccccc3)cc(-c3ccccc3)n2)n1. The molecule has 11 rings (SSSR count). The van der Waals surface area contributed by atoms with Crippen molar-refractivity contribution in [3.05, 3.63) is 230 Å². The van der Waals surface area contributed by atoms with Gasteiger partial charge in [0.25, 0.3) is 0 Å². The van der Waals surface area contributed by atoms with Crippen LogP contribution in [0.1, 0.15) is 11.4 Å². The number of hydrogen-bond acceptors (Lipinski definition) is 6. The third kappa shape index (κ3) is 8.15. The van der Waals surface area contributed by atoms with Gasteiger partial charge >= 0.3 is 0 Å². The van der Waals surface area contributed by atoms with Crippen molar-refractivity contribution < 1.29 is 0 Å². The van der Waals surface area contributed by atoms with E-state index in [1.54, 1.807) is 0 Å². The summed E-state index contributed by atoms with van der Waals surface area (Å²) < 4.78 is 0. The van der Waals surface area contributed by atoms with Gasteiger partial charge in [0.05, 0.1) is 22.8 Å². The predicted molar refractivity (Wildman–Crippen MR) is 269 cm³/mol. The lowest BCUT2D eigenvalue weighted by Crippen LogP contribution is -2.00. The molecule has 6 heteroatoms. The van der Waals surface area contributed by atoms with Crippen molar-refractivity contribution in [2.75, 3.05) is 0 Å². The van der Waals surface area contributed by atoms with Crippen LogP contribution < -0.4 is 0 Å². The average molecular weight is 847 g/mol. The summed E-state index contributed by atoms with van der Waals surface area (Å²) in [6.07, 6.45) is 0. The largest absolute Gasteiger partial charge is 0.233 e. The first-order valence-corrected chi connectivity index (χ1v) is 22.1. The highest BCUT2D eigenvalue weighted by Gasteiger charge is 2.20. The molecule has 8 aromatic carbocycles. The van der Waals surface area contributed by atoms with Gasteiger partial charge < -0.3 is 0 Å². The molecule has 11 aromatic rings. The van der Waals surface area contributed by atoms with Crippen LogP contribution in [0.5, 0.6) is 0 Å². The molecule has 312 valence electrons. The minimum atomic E-state index is 0.640. The Labute approximate surface area is 384 Å². The standard InChI is InChI=1S/C60H42N6/c1-39-34-40(2)62-60(61-39)53-36-48(32-33-51(53)50-24-14-15-25-52(50)59-65-54(43-17-6-3-7-18-43)37-55(66-59)44-19-8-4-9-20-44)42-26-29-45(30-27-42)56-38-57(64-58(63-56)46-21-10-5-11-22-46)49-31-28-41-16-12-13-23-47(41)35-49/h3-38H,1-2H3. The fraction of sp³-hybridized carbons (Fsp3) is 0.0333. The van der Waals surface area contributed by atoms with Gasteiger partial charge in [-0.05, 0) is 77.2 Å². The number of aromatic nitrogens is 6. The molecular weight excluding hydrogens is 805 g/mol. The molecule has 0 fully saturated rings. The quantitative estimate of drug-likeness (QED) is 0.144. The maximum Gasteiger partial charge on any atom is 0.161 e. The maximum absolute atomic E-state index is 5.22. The van der Waals surface area contributed by atoms with Gasteiger partial charge in [0.15, 0.2) is 17.5 Å². The smallest absolute Gasteiger partial charge is 0.161 e. The van der Waals surface area contributed by atoms with Gasteiger partial charge in [0.2, 0.25) is 0 Å². The molecular formula is C60H42N6. The van der Waals surface area contributed by atoms with Gasteiger partial charge in [-0.1, -0.05) is 188 Å². The number of hydrogen-bond donors (Lipinski definition) is 0. The Balaban J connectivity index is 1.01. The molecule has 3 aromatic heterocycles. The maximum atomic E-state index is 5.22. The summed E-state index contributed by atoms with van der Waals surface area (Å²) in [6.45, 7) is 4.04. The third-order valence-corrected chi connectivity index (χ3v) is 11.9. The summed E-state index contributed by atoms with van der Waals surface area (Å²) in [7, 11) is 0. The lowest BCUT2D eigenvalue weighted by atomic mass is 9.91. The summed E-state index contributed by atoms with van der Waals surface area (Å²) in [5.41, 5.74) is 16.2. The first-order chi connectivity index (χ1) is 32.5. The van der Waals surface area contributed by atoms with Crippen LogP contribution in [0.4, 0.5) is 0 Å². The van der Waals surface area contributed by atoms with Gasteiger partial charge in [-0.25, -0.2) is 29.9 Å². The van der Waals surface area contributed by atoms with Crippen molar-refractivity contribution in [3.63, 3.8) is 0 Å². The molecule has 0 unspecified atom stereocenters. The van der Waals surface area contributed by atoms with Crippen LogP contribution in [0.3, 0.4) is 0 Å². The lowest BCUT2D eigenvalue weighted by molar-refractivity contribution is 1.06. The highest BCUT2D eigenvalue weighted by Crippen LogP contribution is 2.40. The zero-order chi connectivity index (χ0) is 44.4. The fourth-order valence-electron chi connectivity index (χ4n) is 8.63. The van der Waals surface area contributed by atoms with E-state index < -0.39 is 0 Å².